The van der Waals surface area contributed by atoms with E-state index in [1.807, 2.05) is 32.0 Å². The van der Waals surface area contributed by atoms with Crippen LogP contribution in [-0.4, -0.2) is 30.3 Å². The molecule has 1 aromatic carbocycles. The first kappa shape index (κ1) is 15.5. The second-order valence-electron chi connectivity index (χ2n) is 4.88. The predicted octanol–water partition coefficient (Wildman–Crippen LogP) is 1.96. The van der Waals surface area contributed by atoms with Crippen LogP contribution in [0.5, 0.6) is 5.75 Å². The lowest BCUT2D eigenvalue weighted by atomic mass is 10.1. The fourth-order valence-corrected chi connectivity index (χ4v) is 1.63. The number of carbonyl (C=O) groups is 1. The average Bonchev–Trinajstić information content (AvgIpc) is 2.36. The van der Waals surface area contributed by atoms with Gasteiger partial charge in [-0.3, -0.25) is 4.79 Å². The van der Waals surface area contributed by atoms with E-state index in [1.165, 1.54) is 5.56 Å². The van der Waals surface area contributed by atoms with Crippen LogP contribution >= 0.6 is 0 Å². The zero-order valence-electron chi connectivity index (χ0n) is 11.9. The van der Waals surface area contributed by atoms with Crippen LogP contribution in [0.15, 0.2) is 18.2 Å². The third-order valence-corrected chi connectivity index (χ3v) is 2.97. The molecule has 0 bridgehead atoms. The lowest BCUT2D eigenvalue weighted by Crippen LogP contribution is -2.30. The van der Waals surface area contributed by atoms with Gasteiger partial charge in [0.1, 0.15) is 5.75 Å². The van der Waals surface area contributed by atoms with Gasteiger partial charge in [0, 0.05) is 6.54 Å². The number of aliphatic hydroxyl groups is 1. The van der Waals surface area contributed by atoms with Gasteiger partial charge in [0.05, 0.1) is 6.10 Å². The number of ether oxygens (including phenoxy) is 1. The van der Waals surface area contributed by atoms with E-state index in [1.54, 1.807) is 6.92 Å². The predicted molar refractivity (Wildman–Crippen MR) is 75.3 cm³/mol. The lowest BCUT2D eigenvalue weighted by molar-refractivity contribution is -0.123. The van der Waals surface area contributed by atoms with Crippen LogP contribution in [0.25, 0.3) is 0 Å². The molecule has 1 unspecified atom stereocenters. The van der Waals surface area contributed by atoms with Gasteiger partial charge < -0.3 is 15.2 Å². The molecule has 2 N–H and O–H groups in total. The lowest BCUT2D eigenvalue weighted by Gasteiger charge is -2.09. The summed E-state index contributed by atoms with van der Waals surface area (Å²) in [5, 5.41) is 11.8. The van der Waals surface area contributed by atoms with Crippen LogP contribution in [0, 0.1) is 13.8 Å². The summed E-state index contributed by atoms with van der Waals surface area (Å²) in [5.74, 6) is 0.575. The van der Waals surface area contributed by atoms with Crippen LogP contribution in [-0.2, 0) is 4.79 Å². The SMILES string of the molecule is Cc1ccc(OCC(=O)NCCCC(C)O)cc1C. The van der Waals surface area contributed by atoms with Crippen LogP contribution in [0.4, 0.5) is 0 Å². The zero-order chi connectivity index (χ0) is 14.3. The topological polar surface area (TPSA) is 58.6 Å². The van der Waals surface area contributed by atoms with Gasteiger partial charge in [0.25, 0.3) is 5.91 Å². The van der Waals surface area contributed by atoms with Gasteiger partial charge in [-0.15, -0.1) is 0 Å². The van der Waals surface area contributed by atoms with Crippen LogP contribution in [0.2, 0.25) is 0 Å². The minimum Gasteiger partial charge on any atom is -0.484 e. The van der Waals surface area contributed by atoms with Crippen LogP contribution in [0.3, 0.4) is 0 Å². The smallest absolute Gasteiger partial charge is 0.257 e. The molecule has 106 valence electrons. The molecule has 0 aliphatic heterocycles. The van der Waals surface area contributed by atoms with E-state index in [9.17, 15) is 4.79 Å². The monoisotopic (exact) mass is 265 g/mol. The molecule has 1 amide bonds. The maximum absolute atomic E-state index is 11.5. The van der Waals surface area contributed by atoms with Gasteiger partial charge in [0.15, 0.2) is 6.61 Å². The molecule has 1 aromatic rings. The number of hydrogen-bond acceptors (Lipinski definition) is 3. The van der Waals surface area contributed by atoms with E-state index in [0.717, 1.165) is 12.0 Å². The quantitative estimate of drug-likeness (QED) is 0.741. The summed E-state index contributed by atoms with van der Waals surface area (Å²) >= 11 is 0. The summed E-state index contributed by atoms with van der Waals surface area (Å²) in [6.07, 6.45) is 1.15. The zero-order valence-corrected chi connectivity index (χ0v) is 11.9. The second kappa shape index (κ2) is 7.79. The Hall–Kier alpha value is -1.55. The third kappa shape index (κ3) is 6.25. The number of hydrogen-bond donors (Lipinski definition) is 2. The molecule has 0 aliphatic carbocycles. The van der Waals surface area contributed by atoms with Gasteiger partial charge in [0.2, 0.25) is 0 Å². The molecule has 19 heavy (non-hydrogen) atoms. The van der Waals surface area contributed by atoms with Crippen molar-refractivity contribution in [1.82, 2.24) is 5.32 Å². The Morgan fingerprint density at radius 1 is 1.37 bits per heavy atom. The third-order valence-electron chi connectivity index (χ3n) is 2.97. The normalized spacial score (nSPS) is 12.0. The van der Waals surface area contributed by atoms with Crippen LogP contribution < -0.4 is 10.1 Å². The molecule has 4 nitrogen and oxygen atoms in total. The molecule has 0 radical (unpaired) electrons. The van der Waals surface area contributed by atoms with Gasteiger partial charge in [-0.05, 0) is 56.9 Å². The molecule has 0 heterocycles. The van der Waals surface area contributed by atoms with Crippen molar-refractivity contribution < 1.29 is 14.6 Å². The van der Waals surface area contributed by atoms with Crippen molar-refractivity contribution in [3.63, 3.8) is 0 Å². The van der Waals surface area contributed by atoms with E-state index in [-0.39, 0.29) is 18.6 Å². The Morgan fingerprint density at radius 3 is 2.74 bits per heavy atom. The number of rotatable bonds is 7. The summed E-state index contributed by atoms with van der Waals surface area (Å²) in [7, 11) is 0. The largest absolute Gasteiger partial charge is 0.484 e. The Morgan fingerprint density at radius 2 is 2.11 bits per heavy atom. The fraction of sp³-hybridized carbons (Fsp3) is 0.533. The Bertz CT molecular complexity index is 416. The van der Waals surface area contributed by atoms with E-state index in [0.29, 0.717) is 18.7 Å². The Balaban J connectivity index is 2.24. The molecule has 1 atom stereocenters. The highest BCUT2D eigenvalue weighted by Crippen LogP contribution is 2.16. The first-order chi connectivity index (χ1) is 8.99. The van der Waals surface area contributed by atoms with Gasteiger partial charge >= 0.3 is 0 Å². The minimum atomic E-state index is -0.316. The molecule has 4 heteroatoms. The maximum Gasteiger partial charge on any atom is 0.257 e. The average molecular weight is 265 g/mol. The minimum absolute atomic E-state index is 0.0250. The highest BCUT2D eigenvalue weighted by atomic mass is 16.5. The van der Waals surface area contributed by atoms with Crippen molar-refractivity contribution in [3.8, 4) is 5.75 Å². The summed E-state index contributed by atoms with van der Waals surface area (Å²) < 4.78 is 5.42. The fourth-order valence-electron chi connectivity index (χ4n) is 1.63. The Labute approximate surface area is 114 Å². The number of aryl methyl sites for hydroxylation is 2. The van der Waals surface area contributed by atoms with Gasteiger partial charge in [-0.2, -0.15) is 0 Å². The van der Waals surface area contributed by atoms with Crippen molar-refractivity contribution in [2.24, 2.45) is 0 Å². The van der Waals surface area contributed by atoms with E-state index >= 15 is 0 Å². The van der Waals surface area contributed by atoms with Crippen LogP contribution in [0.1, 0.15) is 30.9 Å². The maximum atomic E-state index is 11.5. The molecule has 0 saturated heterocycles. The molecule has 0 fully saturated rings. The van der Waals surface area contributed by atoms with E-state index in [4.69, 9.17) is 9.84 Å². The van der Waals surface area contributed by atoms with Gasteiger partial charge in [-0.25, -0.2) is 0 Å². The standard InChI is InChI=1S/C15H23NO3/c1-11-6-7-14(9-12(11)2)19-10-15(18)16-8-4-5-13(3)17/h6-7,9,13,17H,4-5,8,10H2,1-3H3,(H,16,18). The first-order valence-electron chi connectivity index (χ1n) is 6.64. The van der Waals surface area contributed by atoms with E-state index < -0.39 is 0 Å². The van der Waals surface area contributed by atoms with Crippen molar-refractivity contribution in [3.05, 3.63) is 29.3 Å². The molecule has 0 aromatic heterocycles. The molecule has 0 saturated carbocycles. The molecule has 0 aliphatic rings. The highest BCUT2D eigenvalue weighted by Gasteiger charge is 2.03. The van der Waals surface area contributed by atoms with Crippen molar-refractivity contribution in [1.29, 1.82) is 0 Å². The molecular formula is C15H23NO3. The first-order valence-corrected chi connectivity index (χ1v) is 6.64. The summed E-state index contributed by atoms with van der Waals surface area (Å²) in [5.41, 5.74) is 2.35. The second-order valence-corrected chi connectivity index (χ2v) is 4.88. The summed E-state index contributed by atoms with van der Waals surface area (Å²) in [6, 6.07) is 5.77. The number of benzene rings is 1. The highest BCUT2D eigenvalue weighted by molar-refractivity contribution is 5.77. The summed E-state index contributed by atoms with van der Waals surface area (Å²) in [4.78, 5) is 11.5. The van der Waals surface area contributed by atoms with Crippen molar-refractivity contribution in [2.45, 2.75) is 39.7 Å². The number of carbonyl (C=O) groups excluding carboxylic acids is 1. The van der Waals surface area contributed by atoms with Gasteiger partial charge in [-0.1, -0.05) is 6.07 Å². The molecular weight excluding hydrogens is 242 g/mol. The number of aliphatic hydroxyl groups excluding tert-OH is 1. The molecule has 1 rings (SSSR count). The Kier molecular flexibility index (Phi) is 6.36. The van der Waals surface area contributed by atoms with E-state index in [2.05, 4.69) is 5.32 Å². The van der Waals surface area contributed by atoms with Crippen molar-refractivity contribution in [2.75, 3.05) is 13.2 Å². The number of nitrogens with one attached hydrogen (secondary N) is 1. The van der Waals surface area contributed by atoms with Crippen molar-refractivity contribution >= 4 is 5.91 Å². The number of amides is 1. The molecule has 0 spiro atoms. The summed E-state index contributed by atoms with van der Waals surface area (Å²) in [6.45, 7) is 6.38.